The molecule has 2 fully saturated rings. The van der Waals surface area contributed by atoms with Gasteiger partial charge in [-0.2, -0.15) is 5.10 Å². The zero-order chi connectivity index (χ0) is 51.4. The lowest BCUT2D eigenvalue weighted by Gasteiger charge is -2.54. The molecule has 23 heteroatoms. The second kappa shape index (κ2) is 21.5. The molecule has 0 bridgehead atoms. The topological polar surface area (TPSA) is 291 Å². The quantitative estimate of drug-likeness (QED) is 0.0510. The first-order valence-corrected chi connectivity index (χ1v) is 24.2. The second-order valence-electron chi connectivity index (χ2n) is 18.6. The van der Waals surface area contributed by atoms with Gasteiger partial charge in [0.05, 0.1) is 48.3 Å². The molecule has 2 aliphatic rings. The Balaban J connectivity index is 1.04. The molecule has 6 aromatic rings. The van der Waals surface area contributed by atoms with Crippen LogP contribution in [0.1, 0.15) is 99.6 Å². The number of oxazole rings is 1. The van der Waals surface area contributed by atoms with Crippen molar-refractivity contribution >= 4 is 63.6 Å². The van der Waals surface area contributed by atoms with Gasteiger partial charge in [-0.15, -0.1) is 0 Å². The number of anilines is 2. The number of ether oxygens (including phenoxy) is 2. The fourth-order valence-electron chi connectivity index (χ4n) is 9.37. The fraction of sp³-hybridized carbons (Fsp3) is 0.469. The van der Waals surface area contributed by atoms with Crippen LogP contribution in [-0.4, -0.2) is 143 Å². The van der Waals surface area contributed by atoms with Crippen molar-refractivity contribution in [2.45, 2.75) is 92.1 Å². The van der Waals surface area contributed by atoms with Gasteiger partial charge >= 0.3 is 0 Å². The Morgan fingerprint density at radius 2 is 1.58 bits per heavy atom. The third-order valence-corrected chi connectivity index (χ3v) is 12.7. The van der Waals surface area contributed by atoms with E-state index in [0.717, 1.165) is 6.42 Å². The highest BCUT2D eigenvalue weighted by atomic mass is 16.5. The van der Waals surface area contributed by atoms with Gasteiger partial charge in [-0.05, 0) is 70.3 Å². The van der Waals surface area contributed by atoms with E-state index in [9.17, 15) is 24.0 Å². The van der Waals surface area contributed by atoms with Gasteiger partial charge in [-0.1, -0.05) is 32.9 Å². The van der Waals surface area contributed by atoms with E-state index in [0.29, 0.717) is 116 Å². The number of primary amides is 2. The summed E-state index contributed by atoms with van der Waals surface area (Å²) in [5.41, 5.74) is 14.3. The summed E-state index contributed by atoms with van der Waals surface area (Å²) in [6, 6.07) is 6.06. The Morgan fingerprint density at radius 1 is 0.889 bits per heavy atom. The molecule has 0 radical (unpaired) electrons. The number of benzene rings is 1. The predicted octanol–water partition coefficient (Wildman–Crippen LogP) is 3.44. The minimum atomic E-state index is -0.691. The van der Waals surface area contributed by atoms with Gasteiger partial charge < -0.3 is 40.1 Å². The van der Waals surface area contributed by atoms with Crippen LogP contribution in [-0.2, 0) is 35.6 Å². The van der Waals surface area contributed by atoms with Crippen molar-refractivity contribution in [2.24, 2.45) is 17.4 Å². The van der Waals surface area contributed by atoms with Gasteiger partial charge in [0.25, 0.3) is 11.8 Å². The van der Waals surface area contributed by atoms with Crippen molar-refractivity contribution < 1.29 is 37.9 Å². The van der Waals surface area contributed by atoms with Crippen LogP contribution in [0.3, 0.4) is 0 Å². The number of nitrogens with two attached hydrogens (primary N) is 2. The molecule has 5 aromatic heterocycles. The van der Waals surface area contributed by atoms with Gasteiger partial charge in [0.15, 0.2) is 11.5 Å². The SMILES string of the molecule is CCc1nc(C)oc1C(=O)Nc1nc2cc(C(N)=O)cc(OCCCN3CC4(C3)CN(C(=O)C(CC(C)C)NC)CCO4)c2n1C/C=C/Cn1c(NC(=O)c2cc(C)nn2CC)nc2cc(C(N)=O)cnc21. The molecular weight excluding hydrogens is 927 g/mol. The van der Waals surface area contributed by atoms with Crippen molar-refractivity contribution in [1.29, 1.82) is 0 Å². The third-order valence-electron chi connectivity index (χ3n) is 12.7. The number of nitrogens with one attached hydrogen (secondary N) is 3. The lowest BCUT2D eigenvalue weighted by Crippen LogP contribution is -2.71. The molecular formula is C49H63N15O8. The molecule has 1 atom stereocenters. The summed E-state index contributed by atoms with van der Waals surface area (Å²) in [6.07, 6.45) is 6.82. The number of imidazole rings is 2. The van der Waals surface area contributed by atoms with Gasteiger partial charge in [0, 0.05) is 64.5 Å². The number of hydrogen-bond acceptors (Lipinski definition) is 15. The first-order chi connectivity index (χ1) is 34.5. The maximum absolute atomic E-state index is 13.9. The molecule has 2 saturated heterocycles. The predicted molar refractivity (Wildman–Crippen MR) is 267 cm³/mol. The van der Waals surface area contributed by atoms with E-state index in [2.05, 4.69) is 54.7 Å². The molecule has 72 heavy (non-hydrogen) atoms. The average molecular weight is 990 g/mol. The average Bonchev–Trinajstić information content (AvgIpc) is 4.11. The Morgan fingerprint density at radius 3 is 2.28 bits per heavy atom. The largest absolute Gasteiger partial charge is 0.491 e. The monoisotopic (exact) mass is 989 g/mol. The first-order valence-electron chi connectivity index (χ1n) is 24.2. The van der Waals surface area contributed by atoms with Crippen molar-refractivity contribution in [3.05, 3.63) is 82.5 Å². The molecule has 5 amide bonds. The number of nitrogens with zero attached hydrogens (tertiary/aromatic N) is 10. The molecule has 1 unspecified atom stereocenters. The standard InChI is InChI=1S/C49H63N15O8/c1-8-33-40(72-30(6)54-33)45(68)58-47-55-34-21-31(41(50)65)23-38(70-17-12-13-60-25-49(26-60)27-61(16-18-71-49)46(69)36(52-7)19-28(3)4)39(34)62(47)14-10-11-15-63-43-35(22-32(24-53-43)42(51)66)56-48(63)57-44(67)37-20-29(5)59-64(37)9-2/h10-11,20-24,28,36,52H,8-9,12-19,25-27H2,1-7H3,(H2,50,65)(H2,51,66)(H,55,58,68)(H,56,57,67)/b11-10+. The molecule has 8 rings (SSSR count). The number of likely N-dealkylation sites (tertiary alicyclic amines) is 1. The number of pyridine rings is 1. The highest BCUT2D eigenvalue weighted by molar-refractivity contribution is 6.05. The van der Waals surface area contributed by atoms with E-state index in [1.807, 2.05) is 37.9 Å². The summed E-state index contributed by atoms with van der Waals surface area (Å²) in [6.45, 7) is 16.1. The molecule has 23 nitrogen and oxygen atoms in total. The summed E-state index contributed by atoms with van der Waals surface area (Å²) in [5, 5.41) is 13.4. The van der Waals surface area contributed by atoms with E-state index in [-0.39, 0.29) is 60.4 Å². The highest BCUT2D eigenvalue weighted by Crippen LogP contribution is 2.33. The van der Waals surface area contributed by atoms with Crippen molar-refractivity contribution in [1.82, 2.24) is 54.0 Å². The van der Waals surface area contributed by atoms with Crippen LogP contribution in [0, 0.1) is 19.8 Å². The normalized spacial score (nSPS) is 15.2. The fourth-order valence-corrected chi connectivity index (χ4v) is 9.37. The van der Waals surface area contributed by atoms with Crippen LogP contribution in [0.4, 0.5) is 11.9 Å². The van der Waals surface area contributed by atoms with E-state index < -0.39 is 29.2 Å². The minimum Gasteiger partial charge on any atom is -0.491 e. The summed E-state index contributed by atoms with van der Waals surface area (Å²) < 4.78 is 23.4. The molecule has 1 spiro atoms. The number of rotatable bonds is 21. The van der Waals surface area contributed by atoms with Crippen LogP contribution in [0.25, 0.3) is 22.2 Å². The molecule has 0 saturated carbocycles. The zero-order valence-electron chi connectivity index (χ0n) is 41.8. The number of likely N-dealkylation sites (N-methyl/N-ethyl adjacent to an activating group) is 1. The smallest absolute Gasteiger partial charge is 0.295 e. The molecule has 7 N–H and O–H groups in total. The maximum Gasteiger partial charge on any atom is 0.295 e. The lowest BCUT2D eigenvalue weighted by atomic mass is 9.91. The Bertz CT molecular complexity index is 3050. The summed E-state index contributed by atoms with van der Waals surface area (Å²) in [4.78, 5) is 88.1. The number of aryl methyl sites for hydroxylation is 4. The van der Waals surface area contributed by atoms with E-state index >= 15 is 0 Å². The summed E-state index contributed by atoms with van der Waals surface area (Å²) in [7, 11) is 1.83. The Labute approximate surface area is 415 Å². The van der Waals surface area contributed by atoms with Crippen molar-refractivity contribution in [3.8, 4) is 5.75 Å². The van der Waals surface area contributed by atoms with Crippen LogP contribution >= 0.6 is 0 Å². The number of fused-ring (bicyclic) bond motifs is 2. The number of carbonyl (C=O) groups is 5. The minimum absolute atomic E-state index is 0.0446. The Hall–Kier alpha value is -7.50. The van der Waals surface area contributed by atoms with Crippen LogP contribution in [0.15, 0.2) is 47.0 Å². The van der Waals surface area contributed by atoms with Gasteiger partial charge in [-0.3, -0.25) is 48.8 Å². The number of allylic oxidation sites excluding steroid dienone is 2. The Kier molecular flexibility index (Phi) is 15.2. The van der Waals surface area contributed by atoms with Crippen LogP contribution < -0.4 is 32.2 Å². The summed E-state index contributed by atoms with van der Waals surface area (Å²) >= 11 is 0. The van der Waals surface area contributed by atoms with Crippen LogP contribution in [0.2, 0.25) is 0 Å². The summed E-state index contributed by atoms with van der Waals surface area (Å²) in [5.74, 6) is -0.913. The van der Waals surface area contributed by atoms with Gasteiger partial charge in [0.1, 0.15) is 28.1 Å². The number of hydrogen-bond donors (Lipinski definition) is 5. The van der Waals surface area contributed by atoms with Crippen LogP contribution in [0.5, 0.6) is 5.75 Å². The maximum atomic E-state index is 13.9. The molecule has 382 valence electrons. The number of amides is 5. The molecule has 7 heterocycles. The number of aromatic nitrogens is 8. The first kappa shape index (κ1) is 50.9. The van der Waals surface area contributed by atoms with Gasteiger partial charge in [0.2, 0.25) is 35.4 Å². The highest BCUT2D eigenvalue weighted by Gasteiger charge is 2.48. The zero-order valence-corrected chi connectivity index (χ0v) is 41.8. The third kappa shape index (κ3) is 10.9. The van der Waals surface area contributed by atoms with E-state index in [1.165, 1.54) is 12.3 Å². The molecule has 2 aliphatic heterocycles. The number of morpholine rings is 1. The van der Waals surface area contributed by atoms with Gasteiger partial charge in [-0.25, -0.2) is 19.9 Å². The molecule has 1 aromatic carbocycles. The molecule has 0 aliphatic carbocycles. The van der Waals surface area contributed by atoms with E-state index in [4.69, 9.17) is 30.3 Å². The second-order valence-corrected chi connectivity index (χ2v) is 18.6. The van der Waals surface area contributed by atoms with Crippen molar-refractivity contribution in [3.63, 3.8) is 0 Å². The number of carbonyl (C=O) groups excluding carboxylic acids is 5. The van der Waals surface area contributed by atoms with E-state index in [1.54, 1.807) is 45.9 Å². The lowest BCUT2D eigenvalue weighted by molar-refractivity contribution is -0.190. The van der Waals surface area contributed by atoms with Crippen molar-refractivity contribution in [2.75, 3.05) is 63.6 Å².